The molecule has 1 aliphatic rings. The molecule has 1 aromatic rings. The number of Topliss-reactive ketones (excluding diaryl/α,β-unsaturated/α-hetero) is 1. The summed E-state index contributed by atoms with van der Waals surface area (Å²) in [5.41, 5.74) is 1.19. The van der Waals surface area contributed by atoms with E-state index in [0.717, 1.165) is 11.5 Å². The van der Waals surface area contributed by atoms with Crippen molar-refractivity contribution in [2.75, 3.05) is 17.3 Å². The molecule has 2 heterocycles. The van der Waals surface area contributed by atoms with Gasteiger partial charge in [0.15, 0.2) is 5.78 Å². The highest BCUT2D eigenvalue weighted by Gasteiger charge is 2.22. The number of hydrogen-bond acceptors (Lipinski definition) is 4. The molecule has 1 aromatic heterocycles. The fourth-order valence-electron chi connectivity index (χ4n) is 1.58. The molecular formula is C11H14OS3. The van der Waals surface area contributed by atoms with Crippen LogP contribution in [-0.4, -0.2) is 28.3 Å². The largest absolute Gasteiger partial charge is 0.298 e. The Morgan fingerprint density at radius 1 is 1.53 bits per heavy atom. The van der Waals surface area contributed by atoms with Crippen LogP contribution in [0.2, 0.25) is 0 Å². The third-order valence-electron chi connectivity index (χ3n) is 2.34. The van der Waals surface area contributed by atoms with E-state index in [0.29, 0.717) is 12.2 Å². The standard InChI is InChI=1S/C11H14OS3/c1-8-4-9(6-15-8)5-10(12)11-7-13-2-3-14-11/h4,6,11H,2-3,5,7H2,1H3. The van der Waals surface area contributed by atoms with Crippen molar-refractivity contribution in [2.45, 2.75) is 18.6 Å². The number of carbonyl (C=O) groups is 1. The fraction of sp³-hybridized carbons (Fsp3) is 0.545. The minimum Gasteiger partial charge on any atom is -0.298 e. The molecule has 0 aliphatic carbocycles. The molecule has 2 rings (SSSR count). The Kier molecular flexibility index (Phi) is 4.17. The van der Waals surface area contributed by atoms with Crippen molar-refractivity contribution in [1.82, 2.24) is 0 Å². The highest BCUT2D eigenvalue weighted by molar-refractivity contribution is 8.07. The van der Waals surface area contributed by atoms with Crippen LogP contribution in [-0.2, 0) is 11.2 Å². The first kappa shape index (κ1) is 11.6. The molecule has 0 amide bonds. The molecule has 0 spiro atoms. The predicted molar refractivity (Wildman–Crippen MR) is 71.3 cm³/mol. The Hall–Kier alpha value is 0.0700. The lowest BCUT2D eigenvalue weighted by Crippen LogP contribution is -2.25. The minimum absolute atomic E-state index is 0.240. The van der Waals surface area contributed by atoms with Crippen molar-refractivity contribution in [3.63, 3.8) is 0 Å². The number of rotatable bonds is 3. The Morgan fingerprint density at radius 2 is 2.40 bits per heavy atom. The van der Waals surface area contributed by atoms with Gasteiger partial charge in [0.05, 0.1) is 5.25 Å². The van der Waals surface area contributed by atoms with Gasteiger partial charge in [0.25, 0.3) is 0 Å². The third-order valence-corrected chi connectivity index (χ3v) is 6.05. The highest BCUT2D eigenvalue weighted by atomic mass is 32.2. The van der Waals surface area contributed by atoms with Crippen molar-refractivity contribution >= 4 is 40.6 Å². The monoisotopic (exact) mass is 258 g/mol. The van der Waals surface area contributed by atoms with E-state index in [4.69, 9.17) is 0 Å². The van der Waals surface area contributed by atoms with Crippen molar-refractivity contribution in [2.24, 2.45) is 0 Å². The van der Waals surface area contributed by atoms with E-state index in [2.05, 4.69) is 18.4 Å². The molecular weight excluding hydrogens is 244 g/mol. The quantitative estimate of drug-likeness (QED) is 0.829. The van der Waals surface area contributed by atoms with Crippen LogP contribution in [0.15, 0.2) is 11.4 Å². The lowest BCUT2D eigenvalue weighted by molar-refractivity contribution is -0.117. The maximum atomic E-state index is 11.9. The Balaban J connectivity index is 1.91. The van der Waals surface area contributed by atoms with Gasteiger partial charge in [-0.25, -0.2) is 0 Å². The van der Waals surface area contributed by atoms with Gasteiger partial charge in [-0.05, 0) is 23.9 Å². The van der Waals surface area contributed by atoms with Crippen LogP contribution in [0.1, 0.15) is 10.4 Å². The molecule has 0 N–H and O–H groups in total. The summed E-state index contributed by atoms with van der Waals surface area (Å²) in [6.07, 6.45) is 0.628. The Bertz CT molecular complexity index is 339. The van der Waals surface area contributed by atoms with Crippen molar-refractivity contribution in [3.8, 4) is 0 Å². The van der Waals surface area contributed by atoms with E-state index in [1.54, 1.807) is 11.3 Å². The second kappa shape index (κ2) is 5.41. The third kappa shape index (κ3) is 3.26. The SMILES string of the molecule is Cc1cc(CC(=O)C2CSCCS2)cs1. The molecule has 1 atom stereocenters. The summed E-state index contributed by atoms with van der Waals surface area (Å²) in [4.78, 5) is 13.2. The zero-order chi connectivity index (χ0) is 10.7. The van der Waals surface area contributed by atoms with Crippen molar-refractivity contribution < 1.29 is 4.79 Å². The van der Waals surface area contributed by atoms with E-state index < -0.39 is 0 Å². The van der Waals surface area contributed by atoms with Crippen LogP contribution < -0.4 is 0 Å². The molecule has 0 saturated carbocycles. The van der Waals surface area contributed by atoms with Gasteiger partial charge in [-0.15, -0.1) is 23.1 Å². The number of aryl methyl sites for hydroxylation is 1. The molecule has 1 saturated heterocycles. The van der Waals surface area contributed by atoms with Gasteiger partial charge < -0.3 is 0 Å². The molecule has 82 valence electrons. The van der Waals surface area contributed by atoms with Gasteiger partial charge in [0, 0.05) is 28.6 Å². The molecule has 1 fully saturated rings. The van der Waals surface area contributed by atoms with Crippen LogP contribution in [0.25, 0.3) is 0 Å². The maximum Gasteiger partial charge on any atom is 0.151 e. The lowest BCUT2D eigenvalue weighted by atomic mass is 10.1. The number of hydrogen-bond donors (Lipinski definition) is 0. The topological polar surface area (TPSA) is 17.1 Å². The number of carbonyl (C=O) groups excluding carboxylic acids is 1. The lowest BCUT2D eigenvalue weighted by Gasteiger charge is -2.19. The summed E-state index contributed by atoms with van der Waals surface area (Å²) in [5, 5.41) is 2.34. The molecule has 4 heteroatoms. The van der Waals surface area contributed by atoms with Gasteiger partial charge in [0.1, 0.15) is 0 Å². The van der Waals surface area contributed by atoms with Crippen molar-refractivity contribution in [3.05, 3.63) is 21.9 Å². The van der Waals surface area contributed by atoms with Gasteiger partial charge >= 0.3 is 0 Å². The summed E-state index contributed by atoms with van der Waals surface area (Å²) in [6, 6.07) is 2.13. The zero-order valence-corrected chi connectivity index (χ0v) is 11.1. The number of thioether (sulfide) groups is 2. The van der Waals surface area contributed by atoms with Crippen LogP contribution >= 0.6 is 34.9 Å². The van der Waals surface area contributed by atoms with E-state index in [1.165, 1.54) is 16.2 Å². The van der Waals surface area contributed by atoms with Crippen LogP contribution in [0.4, 0.5) is 0 Å². The fourth-order valence-corrected chi connectivity index (χ4v) is 4.94. The average Bonchev–Trinajstić information content (AvgIpc) is 2.65. The van der Waals surface area contributed by atoms with Gasteiger partial charge in [-0.3, -0.25) is 4.79 Å². The summed E-state index contributed by atoms with van der Waals surface area (Å²) < 4.78 is 0. The first-order chi connectivity index (χ1) is 7.25. The molecule has 1 unspecified atom stereocenters. The smallest absolute Gasteiger partial charge is 0.151 e. The molecule has 0 radical (unpaired) electrons. The van der Waals surface area contributed by atoms with E-state index in [1.807, 2.05) is 23.5 Å². The summed E-state index contributed by atoms with van der Waals surface area (Å²) in [5.74, 6) is 3.74. The summed E-state index contributed by atoms with van der Waals surface area (Å²) in [6.45, 7) is 2.09. The van der Waals surface area contributed by atoms with Crippen LogP contribution in [0.3, 0.4) is 0 Å². The van der Waals surface area contributed by atoms with Gasteiger partial charge in [-0.1, -0.05) is 0 Å². The number of thiophene rings is 1. The van der Waals surface area contributed by atoms with Crippen molar-refractivity contribution in [1.29, 1.82) is 0 Å². The zero-order valence-electron chi connectivity index (χ0n) is 8.69. The van der Waals surface area contributed by atoms with Gasteiger partial charge in [0.2, 0.25) is 0 Å². The maximum absolute atomic E-state index is 11.9. The molecule has 0 aromatic carbocycles. The molecule has 0 bridgehead atoms. The van der Waals surface area contributed by atoms with Crippen LogP contribution in [0.5, 0.6) is 0 Å². The Morgan fingerprint density at radius 3 is 3.00 bits per heavy atom. The number of ketones is 1. The summed E-state index contributed by atoms with van der Waals surface area (Å²) in [7, 11) is 0. The first-order valence-corrected chi connectivity index (χ1v) is 8.10. The van der Waals surface area contributed by atoms with E-state index in [9.17, 15) is 4.79 Å². The predicted octanol–water partition coefficient (Wildman–Crippen LogP) is 3.02. The van der Waals surface area contributed by atoms with Crippen LogP contribution in [0, 0.1) is 6.92 Å². The minimum atomic E-state index is 0.240. The second-order valence-electron chi connectivity index (χ2n) is 3.64. The molecule has 15 heavy (non-hydrogen) atoms. The second-order valence-corrected chi connectivity index (χ2v) is 7.22. The molecule has 1 nitrogen and oxygen atoms in total. The average molecular weight is 258 g/mol. The summed E-state index contributed by atoms with van der Waals surface area (Å²) >= 11 is 5.47. The highest BCUT2D eigenvalue weighted by Crippen LogP contribution is 2.26. The van der Waals surface area contributed by atoms with E-state index >= 15 is 0 Å². The molecule has 1 aliphatic heterocycles. The first-order valence-electron chi connectivity index (χ1n) is 5.02. The Labute approximate surface area is 103 Å². The normalized spacial score (nSPS) is 21.5. The van der Waals surface area contributed by atoms with E-state index in [-0.39, 0.29) is 5.25 Å². The van der Waals surface area contributed by atoms with Gasteiger partial charge in [-0.2, -0.15) is 11.8 Å².